The summed E-state index contributed by atoms with van der Waals surface area (Å²) in [5.74, 6) is 1.19. The third-order valence-electron chi connectivity index (χ3n) is 3.86. The van der Waals surface area contributed by atoms with E-state index in [4.69, 9.17) is 4.74 Å². The number of hydrogen-bond donors (Lipinski definition) is 0. The van der Waals surface area contributed by atoms with Gasteiger partial charge in [-0.1, -0.05) is 0 Å². The Morgan fingerprint density at radius 1 is 1.33 bits per heavy atom. The molecule has 0 saturated carbocycles. The molecular formula is C15H21N5O. The molecule has 6 nitrogen and oxygen atoms in total. The number of nitrogens with zero attached hydrogens (tertiary/aromatic N) is 5. The van der Waals surface area contributed by atoms with Crippen LogP contribution in [-0.4, -0.2) is 40.2 Å². The number of ether oxygens (including phenoxy) is 1. The molecular weight excluding hydrogens is 266 g/mol. The fourth-order valence-electron chi connectivity index (χ4n) is 2.80. The lowest BCUT2D eigenvalue weighted by atomic mass is 9.97. The maximum atomic E-state index is 5.37. The third-order valence-corrected chi connectivity index (χ3v) is 3.86. The van der Waals surface area contributed by atoms with Gasteiger partial charge in [0, 0.05) is 44.4 Å². The summed E-state index contributed by atoms with van der Waals surface area (Å²) in [6, 6.07) is 4.03. The molecule has 1 atom stereocenters. The van der Waals surface area contributed by atoms with E-state index in [1.54, 1.807) is 7.11 Å². The van der Waals surface area contributed by atoms with Crippen molar-refractivity contribution in [2.45, 2.75) is 32.9 Å². The van der Waals surface area contributed by atoms with Crippen LogP contribution in [0.5, 0.6) is 0 Å². The lowest BCUT2D eigenvalue weighted by molar-refractivity contribution is 0.176. The average molecular weight is 287 g/mol. The van der Waals surface area contributed by atoms with E-state index in [2.05, 4.69) is 33.3 Å². The van der Waals surface area contributed by atoms with Crippen molar-refractivity contribution >= 4 is 5.82 Å². The SMILES string of the molecule is CCn1cc2c(n1)[C@H](COC)CN(c1ccc(C)nn1)C2. The van der Waals surface area contributed by atoms with Crippen molar-refractivity contribution in [2.75, 3.05) is 25.2 Å². The summed E-state index contributed by atoms with van der Waals surface area (Å²) in [4.78, 5) is 2.25. The van der Waals surface area contributed by atoms with E-state index < -0.39 is 0 Å². The van der Waals surface area contributed by atoms with Crippen molar-refractivity contribution < 1.29 is 4.74 Å². The number of aryl methyl sites for hydroxylation is 2. The molecule has 0 aromatic carbocycles. The van der Waals surface area contributed by atoms with Gasteiger partial charge in [0.2, 0.25) is 0 Å². The topological polar surface area (TPSA) is 56.1 Å². The first kappa shape index (κ1) is 14.0. The minimum absolute atomic E-state index is 0.273. The van der Waals surface area contributed by atoms with E-state index in [-0.39, 0.29) is 5.92 Å². The standard InChI is InChI=1S/C15H21N5O/c1-4-20-9-12-7-19(14-6-5-11(2)16-17-14)8-13(10-21-3)15(12)18-20/h5-6,9,13H,4,7-8,10H2,1-3H3/t13-/m0/s1. The number of fused-ring (bicyclic) bond motifs is 1. The van der Waals surface area contributed by atoms with Crippen molar-refractivity contribution in [2.24, 2.45) is 0 Å². The van der Waals surface area contributed by atoms with Crippen LogP contribution in [0, 0.1) is 6.92 Å². The van der Waals surface area contributed by atoms with Gasteiger partial charge < -0.3 is 9.64 Å². The first-order valence-electron chi connectivity index (χ1n) is 7.31. The highest BCUT2D eigenvalue weighted by atomic mass is 16.5. The molecule has 1 aliphatic heterocycles. The average Bonchev–Trinajstić information content (AvgIpc) is 2.91. The Kier molecular flexibility index (Phi) is 3.88. The Morgan fingerprint density at radius 3 is 2.86 bits per heavy atom. The summed E-state index contributed by atoms with van der Waals surface area (Å²) in [6.45, 7) is 7.30. The van der Waals surface area contributed by atoms with Crippen LogP contribution in [0.4, 0.5) is 5.82 Å². The van der Waals surface area contributed by atoms with Crippen molar-refractivity contribution in [3.63, 3.8) is 0 Å². The van der Waals surface area contributed by atoms with Gasteiger partial charge in [-0.2, -0.15) is 10.2 Å². The van der Waals surface area contributed by atoms with E-state index >= 15 is 0 Å². The molecule has 21 heavy (non-hydrogen) atoms. The molecule has 0 saturated heterocycles. The minimum atomic E-state index is 0.273. The first-order valence-corrected chi connectivity index (χ1v) is 7.31. The molecule has 0 bridgehead atoms. The van der Waals surface area contributed by atoms with Crippen LogP contribution in [0.15, 0.2) is 18.3 Å². The minimum Gasteiger partial charge on any atom is -0.384 e. The summed E-state index contributed by atoms with van der Waals surface area (Å²) < 4.78 is 7.37. The van der Waals surface area contributed by atoms with E-state index in [0.29, 0.717) is 6.61 Å². The molecule has 0 spiro atoms. The molecule has 0 amide bonds. The number of methoxy groups -OCH3 is 1. The zero-order valence-corrected chi connectivity index (χ0v) is 12.8. The largest absolute Gasteiger partial charge is 0.384 e. The molecule has 3 rings (SSSR count). The van der Waals surface area contributed by atoms with Gasteiger partial charge in [-0.15, -0.1) is 5.10 Å². The Balaban J connectivity index is 1.90. The number of rotatable bonds is 4. The van der Waals surface area contributed by atoms with E-state index in [0.717, 1.165) is 36.8 Å². The van der Waals surface area contributed by atoms with Gasteiger partial charge in [-0.25, -0.2) is 0 Å². The Labute approximate surface area is 124 Å². The quantitative estimate of drug-likeness (QED) is 0.857. The van der Waals surface area contributed by atoms with E-state index in [9.17, 15) is 0 Å². The molecule has 3 heterocycles. The monoisotopic (exact) mass is 287 g/mol. The molecule has 0 unspecified atom stereocenters. The van der Waals surface area contributed by atoms with Gasteiger partial charge in [-0.3, -0.25) is 4.68 Å². The molecule has 112 valence electrons. The molecule has 2 aromatic heterocycles. The maximum Gasteiger partial charge on any atom is 0.151 e. The highest BCUT2D eigenvalue weighted by molar-refractivity contribution is 5.43. The summed E-state index contributed by atoms with van der Waals surface area (Å²) in [5, 5.41) is 13.1. The summed E-state index contributed by atoms with van der Waals surface area (Å²) in [7, 11) is 1.74. The van der Waals surface area contributed by atoms with Crippen molar-refractivity contribution in [1.82, 2.24) is 20.0 Å². The highest BCUT2D eigenvalue weighted by Crippen LogP contribution is 2.29. The molecule has 0 aliphatic carbocycles. The van der Waals surface area contributed by atoms with Crippen molar-refractivity contribution in [3.8, 4) is 0 Å². The number of anilines is 1. The van der Waals surface area contributed by atoms with Crippen molar-refractivity contribution in [3.05, 3.63) is 35.3 Å². The first-order chi connectivity index (χ1) is 10.2. The lowest BCUT2D eigenvalue weighted by Gasteiger charge is -2.32. The predicted octanol–water partition coefficient (Wildman–Crippen LogP) is 1.75. The van der Waals surface area contributed by atoms with Crippen LogP contribution in [0.2, 0.25) is 0 Å². The maximum absolute atomic E-state index is 5.37. The van der Waals surface area contributed by atoms with Gasteiger partial charge in [0.25, 0.3) is 0 Å². The summed E-state index contributed by atoms with van der Waals surface area (Å²) in [5.41, 5.74) is 3.35. The van der Waals surface area contributed by atoms with Gasteiger partial charge in [0.15, 0.2) is 5.82 Å². The molecule has 0 fully saturated rings. The van der Waals surface area contributed by atoms with Gasteiger partial charge in [0.05, 0.1) is 18.0 Å². The van der Waals surface area contributed by atoms with Crippen LogP contribution < -0.4 is 4.90 Å². The highest BCUT2D eigenvalue weighted by Gasteiger charge is 2.29. The Hall–Kier alpha value is -1.95. The van der Waals surface area contributed by atoms with Crippen LogP contribution in [0.3, 0.4) is 0 Å². The fraction of sp³-hybridized carbons (Fsp3) is 0.533. The van der Waals surface area contributed by atoms with Gasteiger partial charge in [-0.05, 0) is 26.0 Å². The van der Waals surface area contributed by atoms with Crippen molar-refractivity contribution in [1.29, 1.82) is 0 Å². The second-order valence-electron chi connectivity index (χ2n) is 5.46. The predicted molar refractivity (Wildman–Crippen MR) is 80.3 cm³/mol. The summed E-state index contributed by atoms with van der Waals surface area (Å²) >= 11 is 0. The Bertz CT molecular complexity index is 607. The number of hydrogen-bond acceptors (Lipinski definition) is 5. The molecule has 6 heteroatoms. The molecule has 0 N–H and O–H groups in total. The fourth-order valence-corrected chi connectivity index (χ4v) is 2.80. The molecule has 1 aliphatic rings. The van der Waals surface area contributed by atoms with Crippen LogP contribution >= 0.6 is 0 Å². The van der Waals surface area contributed by atoms with Crippen LogP contribution in [-0.2, 0) is 17.8 Å². The zero-order valence-electron chi connectivity index (χ0n) is 12.8. The van der Waals surface area contributed by atoms with Gasteiger partial charge in [0.1, 0.15) is 0 Å². The second-order valence-corrected chi connectivity index (χ2v) is 5.46. The molecule has 0 radical (unpaired) electrons. The van der Waals surface area contributed by atoms with E-state index in [1.807, 2.05) is 23.7 Å². The van der Waals surface area contributed by atoms with Gasteiger partial charge >= 0.3 is 0 Å². The normalized spacial score (nSPS) is 17.9. The Morgan fingerprint density at radius 2 is 2.19 bits per heavy atom. The second kappa shape index (κ2) is 5.81. The van der Waals surface area contributed by atoms with Crippen LogP contribution in [0.1, 0.15) is 29.8 Å². The summed E-state index contributed by atoms with van der Waals surface area (Å²) in [6.07, 6.45) is 2.13. The number of aromatic nitrogens is 4. The molecule has 2 aromatic rings. The van der Waals surface area contributed by atoms with Crippen LogP contribution in [0.25, 0.3) is 0 Å². The third kappa shape index (κ3) is 2.76. The zero-order chi connectivity index (χ0) is 14.8. The van der Waals surface area contributed by atoms with E-state index in [1.165, 1.54) is 5.56 Å². The lowest BCUT2D eigenvalue weighted by Crippen LogP contribution is -2.35. The smallest absolute Gasteiger partial charge is 0.151 e.